The zero-order valence-corrected chi connectivity index (χ0v) is 10.3. The van der Waals surface area contributed by atoms with Gasteiger partial charge in [0.25, 0.3) is 0 Å². The maximum absolute atomic E-state index is 5.78. The molecule has 16 heavy (non-hydrogen) atoms. The molecule has 88 valence electrons. The van der Waals surface area contributed by atoms with Crippen LogP contribution < -0.4 is 11.3 Å². The lowest BCUT2D eigenvalue weighted by atomic mass is 9.98. The number of nitrogens with one attached hydrogen (secondary N) is 1. The van der Waals surface area contributed by atoms with Crippen LogP contribution in [0.4, 0.5) is 0 Å². The van der Waals surface area contributed by atoms with Crippen LogP contribution in [-0.2, 0) is 4.74 Å². The summed E-state index contributed by atoms with van der Waals surface area (Å²) in [6.07, 6.45) is 0.171. The Bertz CT molecular complexity index is 340. The van der Waals surface area contributed by atoms with Crippen LogP contribution in [0.25, 0.3) is 0 Å². The van der Waals surface area contributed by atoms with Crippen molar-refractivity contribution in [1.29, 1.82) is 0 Å². The molecule has 1 aliphatic rings. The number of ether oxygens (including phenoxy) is 1. The predicted molar refractivity (Wildman–Crippen MR) is 68.3 cm³/mol. The van der Waals surface area contributed by atoms with E-state index >= 15 is 0 Å². The molecule has 0 amide bonds. The van der Waals surface area contributed by atoms with Gasteiger partial charge in [-0.05, 0) is 18.1 Å². The molecule has 0 radical (unpaired) electrons. The van der Waals surface area contributed by atoms with Crippen molar-refractivity contribution in [2.45, 2.75) is 19.1 Å². The summed E-state index contributed by atoms with van der Waals surface area (Å²) in [5.41, 5.74) is 5.38. The van der Waals surface area contributed by atoms with E-state index in [4.69, 9.17) is 10.6 Å². The van der Waals surface area contributed by atoms with Gasteiger partial charge in [-0.25, -0.2) is 0 Å². The van der Waals surface area contributed by atoms with Crippen molar-refractivity contribution in [3.8, 4) is 0 Å². The van der Waals surface area contributed by atoms with Crippen LogP contribution in [0.2, 0.25) is 0 Å². The topological polar surface area (TPSA) is 47.3 Å². The maximum Gasteiger partial charge on any atom is 0.0873 e. The lowest BCUT2D eigenvalue weighted by Gasteiger charge is -2.30. The van der Waals surface area contributed by atoms with Gasteiger partial charge in [0.15, 0.2) is 0 Å². The standard InChI is InChI=1S/C12H18N2OS/c1-9-4-2-3-5-10(9)12(14-13)11-8-16-7-6-15-11/h2-5,11-12,14H,6-8,13H2,1H3. The zero-order chi connectivity index (χ0) is 11.4. The van der Waals surface area contributed by atoms with Crippen LogP contribution in [0.15, 0.2) is 24.3 Å². The van der Waals surface area contributed by atoms with E-state index in [0.717, 1.165) is 18.1 Å². The van der Waals surface area contributed by atoms with Crippen molar-refractivity contribution >= 4 is 11.8 Å². The van der Waals surface area contributed by atoms with Crippen LogP contribution in [0.1, 0.15) is 17.2 Å². The van der Waals surface area contributed by atoms with Gasteiger partial charge in [0.1, 0.15) is 0 Å². The molecule has 1 fully saturated rings. The third-order valence-corrected chi connectivity index (χ3v) is 3.94. The van der Waals surface area contributed by atoms with Gasteiger partial charge in [0, 0.05) is 11.5 Å². The lowest BCUT2D eigenvalue weighted by Crippen LogP contribution is -2.41. The number of hydrogen-bond donors (Lipinski definition) is 2. The second-order valence-electron chi connectivity index (χ2n) is 3.99. The fourth-order valence-corrected chi connectivity index (χ4v) is 2.93. The van der Waals surface area contributed by atoms with Crippen molar-refractivity contribution in [2.75, 3.05) is 18.1 Å². The zero-order valence-electron chi connectivity index (χ0n) is 9.48. The molecule has 1 saturated heterocycles. The Hall–Kier alpha value is -0.550. The highest BCUT2D eigenvalue weighted by Gasteiger charge is 2.26. The molecule has 3 N–H and O–H groups in total. The molecule has 1 aromatic carbocycles. The first kappa shape index (κ1) is 11.9. The van der Waals surface area contributed by atoms with Crippen molar-refractivity contribution < 1.29 is 4.74 Å². The molecule has 2 rings (SSSR count). The molecule has 3 nitrogen and oxygen atoms in total. The van der Waals surface area contributed by atoms with Crippen LogP contribution in [0, 0.1) is 6.92 Å². The number of hydrogen-bond acceptors (Lipinski definition) is 4. The number of benzene rings is 1. The summed E-state index contributed by atoms with van der Waals surface area (Å²) in [5, 5.41) is 0. The van der Waals surface area contributed by atoms with Gasteiger partial charge in [-0.3, -0.25) is 11.3 Å². The highest BCUT2D eigenvalue weighted by atomic mass is 32.2. The van der Waals surface area contributed by atoms with Gasteiger partial charge in [0.05, 0.1) is 18.8 Å². The van der Waals surface area contributed by atoms with Crippen LogP contribution in [0.3, 0.4) is 0 Å². The average molecular weight is 238 g/mol. The number of aryl methyl sites for hydroxylation is 1. The van der Waals surface area contributed by atoms with Crippen molar-refractivity contribution in [2.24, 2.45) is 5.84 Å². The summed E-state index contributed by atoms with van der Waals surface area (Å²) < 4.78 is 5.78. The Morgan fingerprint density at radius 1 is 1.50 bits per heavy atom. The SMILES string of the molecule is Cc1ccccc1C(NN)C1CSCCO1. The molecule has 0 spiro atoms. The van der Waals surface area contributed by atoms with Gasteiger partial charge in [-0.1, -0.05) is 24.3 Å². The molecule has 0 saturated carbocycles. The third kappa shape index (κ3) is 2.58. The summed E-state index contributed by atoms with van der Waals surface area (Å²) in [5.74, 6) is 7.75. The minimum atomic E-state index is 0.0917. The van der Waals surface area contributed by atoms with Gasteiger partial charge in [-0.15, -0.1) is 0 Å². The number of rotatable bonds is 3. The van der Waals surface area contributed by atoms with E-state index < -0.39 is 0 Å². The molecule has 2 unspecified atom stereocenters. The van der Waals surface area contributed by atoms with Crippen LogP contribution >= 0.6 is 11.8 Å². The fourth-order valence-electron chi connectivity index (χ4n) is 2.03. The summed E-state index contributed by atoms with van der Waals surface area (Å²) in [4.78, 5) is 0. The predicted octanol–water partition coefficient (Wildman–Crippen LogP) is 1.63. The normalized spacial score (nSPS) is 23.0. The van der Waals surface area contributed by atoms with E-state index in [0.29, 0.717) is 0 Å². The fraction of sp³-hybridized carbons (Fsp3) is 0.500. The molecule has 0 bridgehead atoms. The molecule has 1 aromatic rings. The summed E-state index contributed by atoms with van der Waals surface area (Å²) >= 11 is 1.93. The molecule has 0 aromatic heterocycles. The maximum atomic E-state index is 5.78. The van der Waals surface area contributed by atoms with Gasteiger partial charge in [0.2, 0.25) is 0 Å². The molecular formula is C12H18N2OS. The second-order valence-corrected chi connectivity index (χ2v) is 5.13. The number of thioether (sulfide) groups is 1. The van der Waals surface area contributed by atoms with E-state index in [1.54, 1.807) is 0 Å². The Balaban J connectivity index is 2.18. The van der Waals surface area contributed by atoms with Crippen molar-refractivity contribution in [3.05, 3.63) is 35.4 Å². The molecule has 1 heterocycles. The van der Waals surface area contributed by atoms with Gasteiger partial charge >= 0.3 is 0 Å². The first-order chi connectivity index (χ1) is 7.83. The van der Waals surface area contributed by atoms with Crippen LogP contribution in [0.5, 0.6) is 0 Å². The Morgan fingerprint density at radius 2 is 2.31 bits per heavy atom. The van der Waals surface area contributed by atoms with E-state index in [2.05, 4.69) is 24.5 Å². The molecule has 1 aliphatic heterocycles. The second kappa shape index (κ2) is 5.68. The first-order valence-corrected chi connectivity index (χ1v) is 6.69. The molecular weight excluding hydrogens is 220 g/mol. The number of hydrazine groups is 1. The van der Waals surface area contributed by atoms with E-state index in [-0.39, 0.29) is 12.1 Å². The molecule has 4 heteroatoms. The Morgan fingerprint density at radius 3 is 2.94 bits per heavy atom. The quantitative estimate of drug-likeness (QED) is 0.621. The number of nitrogens with two attached hydrogens (primary N) is 1. The Kier molecular flexibility index (Phi) is 4.23. The summed E-state index contributed by atoms with van der Waals surface area (Å²) in [6, 6.07) is 8.40. The van der Waals surface area contributed by atoms with Crippen molar-refractivity contribution in [3.63, 3.8) is 0 Å². The first-order valence-electron chi connectivity index (χ1n) is 5.54. The van der Waals surface area contributed by atoms with Crippen molar-refractivity contribution in [1.82, 2.24) is 5.43 Å². The highest BCUT2D eigenvalue weighted by molar-refractivity contribution is 7.99. The minimum Gasteiger partial charge on any atom is -0.374 e. The van der Waals surface area contributed by atoms with E-state index in [1.165, 1.54) is 11.1 Å². The summed E-state index contributed by atoms with van der Waals surface area (Å²) in [7, 11) is 0. The van der Waals surface area contributed by atoms with E-state index in [1.807, 2.05) is 23.9 Å². The smallest absolute Gasteiger partial charge is 0.0873 e. The lowest BCUT2D eigenvalue weighted by molar-refractivity contribution is 0.0466. The van der Waals surface area contributed by atoms with Gasteiger partial charge in [-0.2, -0.15) is 11.8 Å². The van der Waals surface area contributed by atoms with Gasteiger partial charge < -0.3 is 4.74 Å². The molecule has 2 atom stereocenters. The molecule has 0 aliphatic carbocycles. The third-order valence-electron chi connectivity index (χ3n) is 2.92. The summed E-state index contributed by atoms with van der Waals surface area (Å²) in [6.45, 7) is 2.93. The average Bonchev–Trinajstić information content (AvgIpc) is 2.34. The van der Waals surface area contributed by atoms with E-state index in [9.17, 15) is 0 Å². The minimum absolute atomic E-state index is 0.0917. The highest BCUT2D eigenvalue weighted by Crippen LogP contribution is 2.26. The largest absolute Gasteiger partial charge is 0.374 e. The Labute approximate surface area is 101 Å². The monoisotopic (exact) mass is 238 g/mol. The van der Waals surface area contributed by atoms with Crippen LogP contribution in [-0.4, -0.2) is 24.2 Å².